The number of aryl methyl sites for hydroxylation is 1. The summed E-state index contributed by atoms with van der Waals surface area (Å²) in [5.41, 5.74) is 1.90. The van der Waals surface area contributed by atoms with Crippen molar-refractivity contribution < 1.29 is 14.3 Å². The van der Waals surface area contributed by atoms with E-state index in [1.807, 2.05) is 44.2 Å². The molecular formula is C21H25ClN2O3. The van der Waals surface area contributed by atoms with E-state index < -0.39 is 6.04 Å². The molecule has 6 heteroatoms. The van der Waals surface area contributed by atoms with Gasteiger partial charge in [-0.1, -0.05) is 35.9 Å². The van der Waals surface area contributed by atoms with Crippen LogP contribution in [0.4, 0.5) is 0 Å². The number of amides is 2. The maximum absolute atomic E-state index is 12.8. The molecule has 0 aromatic heterocycles. The molecule has 1 N–H and O–H groups in total. The first-order valence-electron chi connectivity index (χ1n) is 8.91. The Balaban J connectivity index is 2.14. The van der Waals surface area contributed by atoms with Gasteiger partial charge in [0, 0.05) is 18.1 Å². The Morgan fingerprint density at radius 3 is 2.59 bits per heavy atom. The summed E-state index contributed by atoms with van der Waals surface area (Å²) in [7, 11) is 0. The van der Waals surface area contributed by atoms with Gasteiger partial charge >= 0.3 is 0 Å². The third kappa shape index (κ3) is 6.29. The summed E-state index contributed by atoms with van der Waals surface area (Å²) in [6.45, 7) is 6.14. The lowest BCUT2D eigenvalue weighted by molar-refractivity contribution is -0.142. The van der Waals surface area contributed by atoms with Crippen molar-refractivity contribution in [1.29, 1.82) is 0 Å². The average Bonchev–Trinajstić information content (AvgIpc) is 2.64. The average molecular weight is 389 g/mol. The van der Waals surface area contributed by atoms with Crippen molar-refractivity contribution in [3.05, 3.63) is 64.7 Å². The van der Waals surface area contributed by atoms with Crippen molar-refractivity contribution in [2.45, 2.75) is 33.4 Å². The maximum Gasteiger partial charge on any atom is 0.261 e. The Kier molecular flexibility index (Phi) is 7.67. The van der Waals surface area contributed by atoms with Crippen LogP contribution in [-0.2, 0) is 16.1 Å². The smallest absolute Gasteiger partial charge is 0.261 e. The molecule has 5 nitrogen and oxygen atoms in total. The second kappa shape index (κ2) is 9.97. The van der Waals surface area contributed by atoms with Gasteiger partial charge in [-0.05, 0) is 56.2 Å². The van der Waals surface area contributed by atoms with Gasteiger partial charge in [-0.15, -0.1) is 0 Å². The molecule has 27 heavy (non-hydrogen) atoms. The Hall–Kier alpha value is -2.53. The molecule has 2 aromatic carbocycles. The van der Waals surface area contributed by atoms with Gasteiger partial charge in [0.2, 0.25) is 5.91 Å². The number of benzene rings is 2. The van der Waals surface area contributed by atoms with Crippen LogP contribution in [0.1, 0.15) is 25.0 Å². The SMILES string of the molecule is CCNC(=O)[C@H](C)N(Cc1cccc(Cl)c1)C(=O)COc1cccc(C)c1. The molecule has 0 bridgehead atoms. The second-order valence-corrected chi connectivity index (χ2v) is 6.76. The largest absolute Gasteiger partial charge is 0.484 e. The van der Waals surface area contributed by atoms with Crippen LogP contribution in [0.3, 0.4) is 0 Å². The fourth-order valence-electron chi connectivity index (χ4n) is 2.67. The van der Waals surface area contributed by atoms with Crippen LogP contribution in [0.2, 0.25) is 5.02 Å². The van der Waals surface area contributed by atoms with E-state index in [-0.39, 0.29) is 25.0 Å². The summed E-state index contributed by atoms with van der Waals surface area (Å²) in [6, 6.07) is 14.1. The molecule has 0 aliphatic heterocycles. The van der Waals surface area contributed by atoms with Crippen LogP contribution in [0, 0.1) is 6.92 Å². The number of nitrogens with zero attached hydrogens (tertiary/aromatic N) is 1. The van der Waals surface area contributed by atoms with Gasteiger partial charge in [0.25, 0.3) is 5.91 Å². The monoisotopic (exact) mass is 388 g/mol. The Morgan fingerprint density at radius 1 is 1.19 bits per heavy atom. The molecule has 0 fully saturated rings. The summed E-state index contributed by atoms with van der Waals surface area (Å²) < 4.78 is 5.63. The minimum Gasteiger partial charge on any atom is -0.484 e. The summed E-state index contributed by atoms with van der Waals surface area (Å²) >= 11 is 6.05. The van der Waals surface area contributed by atoms with Crippen molar-refractivity contribution >= 4 is 23.4 Å². The van der Waals surface area contributed by atoms with Crippen LogP contribution in [0.25, 0.3) is 0 Å². The van der Waals surface area contributed by atoms with Gasteiger partial charge < -0.3 is 15.0 Å². The van der Waals surface area contributed by atoms with Crippen LogP contribution < -0.4 is 10.1 Å². The van der Waals surface area contributed by atoms with E-state index in [4.69, 9.17) is 16.3 Å². The number of hydrogen-bond donors (Lipinski definition) is 1. The van der Waals surface area contributed by atoms with Crippen LogP contribution in [-0.4, -0.2) is 35.9 Å². The molecule has 2 aromatic rings. The molecule has 0 heterocycles. The number of carbonyl (C=O) groups excluding carboxylic acids is 2. The molecule has 0 saturated carbocycles. The minimum atomic E-state index is -0.627. The van der Waals surface area contributed by atoms with E-state index in [2.05, 4.69) is 5.32 Å². The lowest BCUT2D eigenvalue weighted by Gasteiger charge is -2.28. The van der Waals surface area contributed by atoms with Gasteiger partial charge in [-0.2, -0.15) is 0 Å². The highest BCUT2D eigenvalue weighted by molar-refractivity contribution is 6.30. The topological polar surface area (TPSA) is 58.6 Å². The Morgan fingerprint density at radius 2 is 1.93 bits per heavy atom. The maximum atomic E-state index is 12.8. The first-order valence-corrected chi connectivity index (χ1v) is 9.29. The zero-order valence-electron chi connectivity index (χ0n) is 15.9. The lowest BCUT2D eigenvalue weighted by Crippen LogP contribution is -2.49. The van der Waals surface area contributed by atoms with Crippen molar-refractivity contribution in [3.8, 4) is 5.75 Å². The van der Waals surface area contributed by atoms with E-state index >= 15 is 0 Å². The molecule has 0 aliphatic rings. The van der Waals surface area contributed by atoms with Gasteiger partial charge in [-0.3, -0.25) is 9.59 Å². The highest BCUT2D eigenvalue weighted by Gasteiger charge is 2.26. The second-order valence-electron chi connectivity index (χ2n) is 6.33. The van der Waals surface area contributed by atoms with Crippen LogP contribution in [0.5, 0.6) is 5.75 Å². The van der Waals surface area contributed by atoms with Crippen molar-refractivity contribution in [2.24, 2.45) is 0 Å². The molecule has 0 radical (unpaired) electrons. The minimum absolute atomic E-state index is 0.145. The first-order chi connectivity index (χ1) is 12.9. The molecule has 0 saturated heterocycles. The number of halogens is 1. The van der Waals surface area contributed by atoms with E-state index in [0.29, 0.717) is 17.3 Å². The van der Waals surface area contributed by atoms with E-state index in [9.17, 15) is 9.59 Å². The van der Waals surface area contributed by atoms with Crippen molar-refractivity contribution in [3.63, 3.8) is 0 Å². The normalized spacial score (nSPS) is 11.6. The summed E-state index contributed by atoms with van der Waals surface area (Å²) in [5.74, 6) is 0.149. The van der Waals surface area contributed by atoms with Gasteiger partial charge in [0.1, 0.15) is 11.8 Å². The number of carbonyl (C=O) groups is 2. The molecule has 1 atom stereocenters. The highest BCUT2D eigenvalue weighted by atomic mass is 35.5. The Labute approximate surface area is 165 Å². The number of likely N-dealkylation sites (N-methyl/N-ethyl adjacent to an activating group) is 1. The number of ether oxygens (including phenoxy) is 1. The van der Waals surface area contributed by atoms with Gasteiger partial charge in [0.05, 0.1) is 0 Å². The first kappa shape index (κ1) is 20.8. The summed E-state index contributed by atoms with van der Waals surface area (Å²) in [4.78, 5) is 26.6. The number of rotatable bonds is 8. The van der Waals surface area contributed by atoms with Gasteiger partial charge in [-0.25, -0.2) is 0 Å². The fraction of sp³-hybridized carbons (Fsp3) is 0.333. The molecule has 0 unspecified atom stereocenters. The number of nitrogens with one attached hydrogen (secondary N) is 1. The molecule has 0 spiro atoms. The quantitative estimate of drug-likeness (QED) is 0.751. The predicted molar refractivity (Wildman–Crippen MR) is 107 cm³/mol. The predicted octanol–water partition coefficient (Wildman–Crippen LogP) is 3.58. The van der Waals surface area contributed by atoms with Crippen LogP contribution in [0.15, 0.2) is 48.5 Å². The molecule has 0 aliphatic carbocycles. The van der Waals surface area contributed by atoms with Gasteiger partial charge in [0.15, 0.2) is 6.61 Å². The number of hydrogen-bond acceptors (Lipinski definition) is 3. The molecular weight excluding hydrogens is 364 g/mol. The summed E-state index contributed by atoms with van der Waals surface area (Å²) in [6.07, 6.45) is 0. The third-order valence-electron chi connectivity index (χ3n) is 4.11. The van der Waals surface area contributed by atoms with Crippen LogP contribution >= 0.6 is 11.6 Å². The Bertz CT molecular complexity index is 795. The highest BCUT2D eigenvalue weighted by Crippen LogP contribution is 2.16. The lowest BCUT2D eigenvalue weighted by atomic mass is 10.1. The third-order valence-corrected chi connectivity index (χ3v) is 4.35. The summed E-state index contributed by atoms with van der Waals surface area (Å²) in [5, 5.41) is 3.34. The van der Waals surface area contributed by atoms with Crippen molar-refractivity contribution in [1.82, 2.24) is 10.2 Å². The zero-order valence-corrected chi connectivity index (χ0v) is 16.6. The van der Waals surface area contributed by atoms with E-state index in [0.717, 1.165) is 11.1 Å². The standard InChI is InChI=1S/C21H25ClN2O3/c1-4-23-21(26)16(3)24(13-17-8-6-9-18(22)12-17)20(25)14-27-19-10-5-7-15(2)11-19/h5-12,16H,4,13-14H2,1-3H3,(H,23,26)/t16-/m0/s1. The van der Waals surface area contributed by atoms with E-state index in [1.54, 1.807) is 25.1 Å². The molecule has 2 rings (SSSR count). The zero-order chi connectivity index (χ0) is 19.8. The van der Waals surface area contributed by atoms with Crippen molar-refractivity contribution in [2.75, 3.05) is 13.2 Å². The van der Waals surface area contributed by atoms with E-state index in [1.165, 1.54) is 4.90 Å². The molecule has 2 amide bonds. The fourth-order valence-corrected chi connectivity index (χ4v) is 2.88. The molecule has 144 valence electrons.